The van der Waals surface area contributed by atoms with Gasteiger partial charge in [0.05, 0.1) is 14.5 Å². The number of carbonyl (C=O) groups excluding carboxylic acids is 1. The lowest BCUT2D eigenvalue weighted by Gasteiger charge is -2.19. The fourth-order valence-corrected chi connectivity index (χ4v) is 5.48. The highest BCUT2D eigenvalue weighted by molar-refractivity contribution is 9.10. The van der Waals surface area contributed by atoms with E-state index in [0.717, 1.165) is 10.0 Å². The molecule has 1 aliphatic rings. The lowest BCUT2D eigenvalue weighted by molar-refractivity contribution is -0.120. The van der Waals surface area contributed by atoms with E-state index in [0.29, 0.717) is 6.42 Å². The van der Waals surface area contributed by atoms with Crippen molar-refractivity contribution in [2.75, 3.05) is 0 Å². The van der Waals surface area contributed by atoms with Gasteiger partial charge in [0.2, 0.25) is 5.91 Å². The number of hydrogen-bond donors (Lipinski definition) is 1. The average molecular weight is 500 g/mol. The van der Waals surface area contributed by atoms with Crippen LogP contribution in [0.25, 0.3) is 0 Å². The third kappa shape index (κ3) is 4.57. The number of halogens is 1. The molecule has 0 aliphatic heterocycles. The minimum absolute atomic E-state index is 0.00222. The van der Waals surface area contributed by atoms with Crippen molar-refractivity contribution in [3.05, 3.63) is 58.6 Å². The van der Waals surface area contributed by atoms with Crippen LogP contribution in [0.3, 0.4) is 0 Å². The van der Waals surface area contributed by atoms with Crippen LogP contribution in [0.2, 0.25) is 0 Å². The highest BCUT2D eigenvalue weighted by atomic mass is 79.9. The normalized spacial score (nSPS) is 19.6. The summed E-state index contributed by atoms with van der Waals surface area (Å²) < 4.78 is 52.0. The van der Waals surface area contributed by atoms with Crippen LogP contribution in [0.4, 0.5) is 0 Å². The van der Waals surface area contributed by atoms with E-state index in [1.807, 2.05) is 24.3 Å². The number of rotatable bonds is 5. The third-order valence-corrected chi connectivity index (χ3v) is 9.31. The predicted octanol–water partition coefficient (Wildman–Crippen LogP) is 3.63. The van der Waals surface area contributed by atoms with Gasteiger partial charge < -0.3 is 0 Å². The minimum atomic E-state index is -4.08. The maximum absolute atomic E-state index is 12.5. The molecule has 1 saturated carbocycles. The summed E-state index contributed by atoms with van der Waals surface area (Å²) in [5, 5.41) is 0. The molecule has 1 aliphatic carbocycles. The Balaban J connectivity index is 1.72. The summed E-state index contributed by atoms with van der Waals surface area (Å²) in [5.41, 5.74) is 0.988. The molecular weight excluding hydrogens is 478 g/mol. The molecule has 1 N–H and O–H groups in total. The van der Waals surface area contributed by atoms with Gasteiger partial charge in [0.25, 0.3) is 10.0 Å². The Morgan fingerprint density at radius 3 is 1.97 bits per heavy atom. The molecule has 0 bridgehead atoms. The number of amides is 1. The summed E-state index contributed by atoms with van der Waals surface area (Å²) in [4.78, 5) is 12.3. The van der Waals surface area contributed by atoms with Gasteiger partial charge in [-0.05, 0) is 75.1 Å². The molecule has 1 amide bonds. The number of sulfonamides is 1. The molecule has 29 heavy (non-hydrogen) atoms. The maximum atomic E-state index is 12.5. The van der Waals surface area contributed by atoms with Crippen molar-refractivity contribution in [2.24, 2.45) is 5.92 Å². The van der Waals surface area contributed by atoms with Crippen LogP contribution in [-0.2, 0) is 24.7 Å². The van der Waals surface area contributed by atoms with E-state index >= 15 is 0 Å². The molecule has 0 saturated heterocycles. The van der Waals surface area contributed by atoms with Gasteiger partial charge in [-0.2, -0.15) is 0 Å². The second-order valence-corrected chi connectivity index (χ2v) is 13.4. The largest absolute Gasteiger partial charge is 0.274 e. The van der Waals surface area contributed by atoms with Crippen LogP contribution in [0, 0.1) is 5.92 Å². The Morgan fingerprint density at radius 1 is 0.931 bits per heavy atom. The zero-order chi connectivity index (χ0) is 21.6. The summed E-state index contributed by atoms with van der Waals surface area (Å²) >= 11 is 3.36. The van der Waals surface area contributed by atoms with Crippen molar-refractivity contribution in [3.63, 3.8) is 0 Å². The zero-order valence-corrected chi connectivity index (χ0v) is 19.4. The van der Waals surface area contributed by atoms with E-state index in [2.05, 4.69) is 20.7 Å². The second kappa shape index (κ2) is 7.52. The molecule has 0 spiro atoms. The van der Waals surface area contributed by atoms with Crippen LogP contribution >= 0.6 is 15.9 Å². The molecule has 2 aromatic rings. The molecule has 3 rings (SSSR count). The fraction of sp³-hybridized carbons (Fsp3) is 0.350. The molecule has 6 nitrogen and oxygen atoms in total. The molecular formula is C20H22BrNO5S2. The smallest absolute Gasteiger partial charge is 0.264 e. The molecule has 9 heteroatoms. The molecule has 0 heterocycles. The molecule has 0 radical (unpaired) electrons. The van der Waals surface area contributed by atoms with Crippen molar-refractivity contribution >= 4 is 41.7 Å². The molecule has 0 aromatic heterocycles. The first kappa shape index (κ1) is 22.0. The lowest BCUT2D eigenvalue weighted by Crippen LogP contribution is -2.32. The number of hydrogen-bond acceptors (Lipinski definition) is 5. The van der Waals surface area contributed by atoms with Crippen LogP contribution in [0.15, 0.2) is 62.8 Å². The first-order chi connectivity index (χ1) is 13.3. The summed E-state index contributed by atoms with van der Waals surface area (Å²) in [7, 11) is -7.67. The van der Waals surface area contributed by atoms with E-state index in [-0.39, 0.29) is 15.7 Å². The lowest BCUT2D eigenvalue weighted by atomic mass is 10.1. The SMILES string of the molecule is CC(C)(C)S(=O)(=O)c1ccc(S(=O)(=O)NC(=O)[C@@H]2C[C@H]2c2ccc(Br)cc2)cc1. The molecule has 2 atom stereocenters. The van der Waals surface area contributed by atoms with Gasteiger partial charge in [-0.15, -0.1) is 0 Å². The summed E-state index contributed by atoms with van der Waals surface area (Å²) in [6, 6.07) is 12.5. The van der Waals surface area contributed by atoms with Gasteiger partial charge in [0.1, 0.15) is 0 Å². The van der Waals surface area contributed by atoms with Crippen LogP contribution < -0.4 is 4.72 Å². The Hall–Kier alpha value is -1.71. The summed E-state index contributed by atoms with van der Waals surface area (Å²) in [6.45, 7) is 4.72. The van der Waals surface area contributed by atoms with E-state index < -0.39 is 36.4 Å². The highest BCUT2D eigenvalue weighted by Crippen LogP contribution is 2.47. The van der Waals surface area contributed by atoms with Crippen LogP contribution in [0.5, 0.6) is 0 Å². The first-order valence-corrected chi connectivity index (χ1v) is 12.8. The Labute approximate surface area is 179 Å². The van der Waals surface area contributed by atoms with Gasteiger partial charge in [-0.25, -0.2) is 21.6 Å². The van der Waals surface area contributed by atoms with Gasteiger partial charge in [0, 0.05) is 10.4 Å². The van der Waals surface area contributed by atoms with Crippen molar-refractivity contribution in [1.29, 1.82) is 0 Å². The van der Waals surface area contributed by atoms with Gasteiger partial charge in [-0.1, -0.05) is 28.1 Å². The number of carbonyl (C=O) groups is 1. The quantitative estimate of drug-likeness (QED) is 0.677. The topological polar surface area (TPSA) is 97.4 Å². The molecule has 2 aromatic carbocycles. The van der Waals surface area contributed by atoms with Crippen molar-refractivity contribution in [3.8, 4) is 0 Å². The predicted molar refractivity (Wildman–Crippen MR) is 114 cm³/mol. The zero-order valence-electron chi connectivity index (χ0n) is 16.2. The molecule has 156 valence electrons. The maximum Gasteiger partial charge on any atom is 0.264 e. The van der Waals surface area contributed by atoms with Gasteiger partial charge >= 0.3 is 0 Å². The van der Waals surface area contributed by atoms with Crippen molar-refractivity contribution in [1.82, 2.24) is 4.72 Å². The van der Waals surface area contributed by atoms with Crippen molar-refractivity contribution < 1.29 is 21.6 Å². The third-order valence-electron chi connectivity index (χ3n) is 4.91. The highest BCUT2D eigenvalue weighted by Gasteiger charge is 2.45. The number of benzene rings is 2. The summed E-state index contributed by atoms with van der Waals surface area (Å²) in [5.74, 6) is -0.951. The van der Waals surface area contributed by atoms with Gasteiger partial charge in [-0.3, -0.25) is 4.79 Å². The molecule has 1 fully saturated rings. The second-order valence-electron chi connectivity index (χ2n) is 8.06. The van der Waals surface area contributed by atoms with Crippen LogP contribution in [-0.4, -0.2) is 27.5 Å². The van der Waals surface area contributed by atoms with E-state index in [1.54, 1.807) is 20.8 Å². The van der Waals surface area contributed by atoms with E-state index in [1.165, 1.54) is 24.3 Å². The van der Waals surface area contributed by atoms with Crippen LogP contribution in [0.1, 0.15) is 38.7 Å². The van der Waals surface area contributed by atoms with Gasteiger partial charge in [0.15, 0.2) is 9.84 Å². The average Bonchev–Trinajstić information content (AvgIpc) is 3.42. The monoisotopic (exact) mass is 499 g/mol. The van der Waals surface area contributed by atoms with Crippen molar-refractivity contribution in [2.45, 2.75) is 47.6 Å². The first-order valence-electron chi connectivity index (χ1n) is 9.00. The Morgan fingerprint density at radius 2 is 1.45 bits per heavy atom. The van der Waals surface area contributed by atoms with E-state index in [4.69, 9.17) is 0 Å². The minimum Gasteiger partial charge on any atom is -0.274 e. The Bertz CT molecular complexity index is 1130. The Kier molecular flexibility index (Phi) is 5.70. The summed E-state index contributed by atoms with van der Waals surface area (Å²) in [6.07, 6.45) is 0.589. The fourth-order valence-electron chi connectivity index (χ4n) is 2.98. The molecule has 0 unspecified atom stereocenters. The van der Waals surface area contributed by atoms with E-state index in [9.17, 15) is 21.6 Å². The number of sulfone groups is 1. The standard InChI is InChI=1S/C20H22BrNO5S2/c1-20(2,3)28(24,25)15-8-10-16(11-9-15)29(26,27)22-19(23)18-12-17(18)13-4-6-14(21)7-5-13/h4-11,17-18H,12H2,1-3H3,(H,22,23)/t17-,18+/m0/s1. The number of nitrogens with one attached hydrogen (secondary N) is 1.